The number of nitrogens with zero attached hydrogens (tertiary/aromatic N) is 2. The molecule has 1 N–H and O–H groups in total. The fourth-order valence-electron chi connectivity index (χ4n) is 6.95. The molecule has 0 radical (unpaired) electrons. The first kappa shape index (κ1) is 29.4. The molecule has 0 aliphatic carbocycles. The Bertz CT molecular complexity index is 1120. The zero-order valence-electron chi connectivity index (χ0n) is 23.6. The van der Waals surface area contributed by atoms with Crippen molar-refractivity contribution in [3.63, 3.8) is 0 Å². The lowest BCUT2D eigenvalue weighted by Crippen LogP contribution is -2.59. The van der Waals surface area contributed by atoms with E-state index in [4.69, 9.17) is 4.74 Å². The number of aliphatic hydroxyl groups excluding tert-OH is 1. The molecular weight excluding hydrogens is 512 g/mol. The van der Waals surface area contributed by atoms with Gasteiger partial charge in [0, 0.05) is 17.5 Å². The number of aryl methyl sites for hydroxylation is 2. The first-order valence-electron chi connectivity index (χ1n) is 14.0. The second kappa shape index (κ2) is 11.9. The summed E-state index contributed by atoms with van der Waals surface area (Å²) in [6, 6.07) is 4.58. The van der Waals surface area contributed by atoms with Crippen LogP contribution in [-0.4, -0.2) is 69.6 Å². The minimum Gasteiger partial charge on any atom is -0.465 e. The number of amides is 2. The molecule has 7 nitrogen and oxygen atoms in total. The number of thioether (sulfide) groups is 1. The van der Waals surface area contributed by atoms with E-state index in [9.17, 15) is 19.5 Å². The summed E-state index contributed by atoms with van der Waals surface area (Å²) in [5, 5.41) is 10.5. The normalized spacial score (nSPS) is 28.6. The number of hydrogen-bond acceptors (Lipinski definition) is 6. The first-order valence-corrected chi connectivity index (χ1v) is 14.9. The molecule has 3 aliphatic heterocycles. The molecule has 8 heteroatoms. The fourth-order valence-corrected chi connectivity index (χ4v) is 9.14. The van der Waals surface area contributed by atoms with E-state index in [1.54, 1.807) is 33.7 Å². The maximum Gasteiger partial charge on any atom is 0.310 e. The summed E-state index contributed by atoms with van der Waals surface area (Å²) >= 11 is 1.62. The predicted molar refractivity (Wildman–Crippen MR) is 156 cm³/mol. The first-order chi connectivity index (χ1) is 18.7. The van der Waals surface area contributed by atoms with Gasteiger partial charge in [0.25, 0.3) is 5.91 Å². The Kier molecular flexibility index (Phi) is 8.96. The Balaban J connectivity index is 1.83. The summed E-state index contributed by atoms with van der Waals surface area (Å²) in [6.07, 6.45) is 6.09. The van der Waals surface area contributed by atoms with Crippen molar-refractivity contribution in [2.75, 3.05) is 24.7 Å². The lowest BCUT2D eigenvalue weighted by atomic mass is 9.71. The highest BCUT2D eigenvalue weighted by Crippen LogP contribution is 2.67. The van der Waals surface area contributed by atoms with Crippen molar-refractivity contribution >= 4 is 35.2 Å². The van der Waals surface area contributed by atoms with Gasteiger partial charge in [-0.05, 0) is 50.2 Å². The quantitative estimate of drug-likeness (QED) is 0.234. The number of carbonyl (C=O) groups is 3. The lowest BCUT2D eigenvalue weighted by molar-refractivity contribution is -0.154. The Morgan fingerprint density at radius 2 is 1.97 bits per heavy atom. The van der Waals surface area contributed by atoms with Gasteiger partial charge < -0.3 is 19.6 Å². The van der Waals surface area contributed by atoms with Crippen molar-refractivity contribution in [1.82, 2.24) is 4.90 Å². The van der Waals surface area contributed by atoms with E-state index in [2.05, 4.69) is 13.2 Å². The molecule has 3 aliphatic rings. The van der Waals surface area contributed by atoms with Gasteiger partial charge in [0.1, 0.15) is 6.04 Å². The van der Waals surface area contributed by atoms with Crippen molar-refractivity contribution in [1.29, 1.82) is 0 Å². The summed E-state index contributed by atoms with van der Waals surface area (Å²) < 4.78 is 4.84. The molecular formula is C31H42N2O5S. The summed E-state index contributed by atoms with van der Waals surface area (Å²) in [6.45, 7) is 15.8. The number of para-hydroxylation sites is 1. The van der Waals surface area contributed by atoms with Crippen LogP contribution >= 0.6 is 11.8 Å². The van der Waals surface area contributed by atoms with Crippen LogP contribution in [-0.2, 0) is 19.1 Å². The van der Waals surface area contributed by atoms with Gasteiger partial charge in [-0.2, -0.15) is 0 Å². The van der Waals surface area contributed by atoms with Gasteiger partial charge in [0.2, 0.25) is 5.91 Å². The summed E-state index contributed by atoms with van der Waals surface area (Å²) in [5.41, 5.74) is 2.74. The highest BCUT2D eigenvalue weighted by molar-refractivity contribution is 8.02. The molecule has 212 valence electrons. The topological polar surface area (TPSA) is 87.2 Å². The summed E-state index contributed by atoms with van der Waals surface area (Å²) in [7, 11) is 0. The van der Waals surface area contributed by atoms with Gasteiger partial charge in [-0.1, -0.05) is 50.6 Å². The van der Waals surface area contributed by atoms with Crippen LogP contribution in [0.25, 0.3) is 0 Å². The van der Waals surface area contributed by atoms with E-state index in [1.165, 1.54) is 0 Å². The molecule has 0 aromatic heterocycles. The second-order valence-electron chi connectivity index (χ2n) is 11.2. The number of benzene rings is 1. The van der Waals surface area contributed by atoms with E-state index < -0.39 is 28.7 Å². The molecule has 1 spiro atoms. The van der Waals surface area contributed by atoms with Crippen LogP contribution in [0.1, 0.15) is 50.7 Å². The fraction of sp³-hybridized carbons (Fsp3) is 0.581. The van der Waals surface area contributed by atoms with Crippen molar-refractivity contribution in [3.8, 4) is 0 Å². The standard InChI is InChI=1S/C31H42N2O5S/c1-7-10-17-38-30(37)24-23-14-15-31(39-23)25(24)28(35)33(22(18-34)19(4)9-3)27(31)29(36)32(16-8-2)26-20(5)12-11-13-21(26)6/h7-8,11-13,19,22-25,27,34H,1-2,9-10,14-18H2,3-6H3/t19-,22-,23-,24+,25-,27?,31?/m0/s1. The molecule has 3 fully saturated rings. The number of anilines is 1. The smallest absolute Gasteiger partial charge is 0.310 e. The number of esters is 1. The van der Waals surface area contributed by atoms with E-state index in [-0.39, 0.29) is 48.7 Å². The van der Waals surface area contributed by atoms with E-state index in [0.717, 1.165) is 29.7 Å². The van der Waals surface area contributed by atoms with Crippen LogP contribution in [0, 0.1) is 31.6 Å². The van der Waals surface area contributed by atoms with Crippen molar-refractivity contribution in [3.05, 3.63) is 54.6 Å². The number of ether oxygens (including phenoxy) is 1. The summed E-state index contributed by atoms with van der Waals surface area (Å²) in [5.74, 6) is -2.06. The highest BCUT2D eigenvalue weighted by Gasteiger charge is 2.75. The molecule has 2 amide bonds. The maximum absolute atomic E-state index is 14.8. The van der Waals surface area contributed by atoms with Crippen molar-refractivity contribution in [2.24, 2.45) is 17.8 Å². The predicted octanol–water partition coefficient (Wildman–Crippen LogP) is 4.44. The molecule has 2 unspecified atom stereocenters. The van der Waals surface area contributed by atoms with Gasteiger partial charge in [-0.25, -0.2) is 0 Å². The molecule has 2 bridgehead atoms. The third-order valence-electron chi connectivity index (χ3n) is 8.94. The average Bonchev–Trinajstić information content (AvgIpc) is 3.56. The number of carbonyl (C=O) groups excluding carboxylic acids is 3. The number of fused-ring (bicyclic) bond motifs is 1. The molecule has 7 atom stereocenters. The maximum atomic E-state index is 14.8. The van der Waals surface area contributed by atoms with Gasteiger partial charge in [-0.15, -0.1) is 24.9 Å². The average molecular weight is 555 g/mol. The molecule has 3 heterocycles. The Hall–Kier alpha value is -2.58. The van der Waals surface area contributed by atoms with Crippen LogP contribution in [0.15, 0.2) is 43.5 Å². The lowest BCUT2D eigenvalue weighted by Gasteiger charge is -2.41. The number of hydrogen-bond donors (Lipinski definition) is 1. The minimum absolute atomic E-state index is 0.0299. The van der Waals surface area contributed by atoms with Crippen LogP contribution in [0.5, 0.6) is 0 Å². The molecule has 1 aromatic carbocycles. The van der Waals surface area contributed by atoms with E-state index in [0.29, 0.717) is 12.8 Å². The third kappa shape index (κ3) is 4.84. The van der Waals surface area contributed by atoms with Gasteiger partial charge >= 0.3 is 5.97 Å². The highest BCUT2D eigenvalue weighted by atomic mass is 32.2. The minimum atomic E-state index is -0.805. The molecule has 3 saturated heterocycles. The molecule has 1 aromatic rings. The SMILES string of the molecule is C=CCCOC(=O)[C@@H]1[C@@H]2CCC3(S2)C(C(=O)N(CC=C)c2c(C)cccc2C)N([C@@H](CO)[C@@H](C)CC)C(=O)[C@H]13. The number of likely N-dealkylation sites (tertiary alicyclic amines) is 1. The van der Waals surface area contributed by atoms with Gasteiger partial charge in [0.15, 0.2) is 0 Å². The van der Waals surface area contributed by atoms with E-state index >= 15 is 0 Å². The number of rotatable bonds is 12. The zero-order chi connectivity index (χ0) is 28.5. The van der Waals surface area contributed by atoms with Crippen LogP contribution in [0.4, 0.5) is 5.69 Å². The Labute approximate surface area is 236 Å². The zero-order valence-corrected chi connectivity index (χ0v) is 24.4. The molecule has 39 heavy (non-hydrogen) atoms. The van der Waals surface area contributed by atoms with E-state index in [1.807, 2.05) is 45.9 Å². The largest absolute Gasteiger partial charge is 0.465 e. The van der Waals surface area contributed by atoms with Crippen molar-refractivity contribution in [2.45, 2.75) is 75.5 Å². The van der Waals surface area contributed by atoms with Crippen LogP contribution < -0.4 is 4.90 Å². The van der Waals surface area contributed by atoms with Crippen molar-refractivity contribution < 1.29 is 24.2 Å². The Morgan fingerprint density at radius 1 is 1.28 bits per heavy atom. The molecule has 0 saturated carbocycles. The number of aliphatic hydroxyl groups is 1. The third-order valence-corrected chi connectivity index (χ3v) is 10.9. The van der Waals surface area contributed by atoms with Gasteiger partial charge in [0.05, 0.1) is 35.8 Å². The van der Waals surface area contributed by atoms with Crippen LogP contribution in [0.2, 0.25) is 0 Å². The summed E-state index contributed by atoms with van der Waals surface area (Å²) in [4.78, 5) is 45.9. The Morgan fingerprint density at radius 3 is 2.56 bits per heavy atom. The second-order valence-corrected chi connectivity index (χ2v) is 12.8. The van der Waals surface area contributed by atoms with Gasteiger partial charge in [-0.3, -0.25) is 14.4 Å². The monoisotopic (exact) mass is 554 g/mol. The molecule has 4 rings (SSSR count). The van der Waals surface area contributed by atoms with Crippen LogP contribution in [0.3, 0.4) is 0 Å².